The van der Waals surface area contributed by atoms with Crippen LogP contribution in [0.2, 0.25) is 0 Å². The average Bonchev–Trinajstić information content (AvgIpc) is 2.89. The Labute approximate surface area is 116 Å². The molecule has 2 N–H and O–H groups in total. The first kappa shape index (κ1) is 13.4. The summed E-state index contributed by atoms with van der Waals surface area (Å²) in [6.07, 6.45) is 4.20. The van der Waals surface area contributed by atoms with E-state index in [4.69, 9.17) is 10.2 Å². The third kappa shape index (κ3) is 2.29. The van der Waals surface area contributed by atoms with E-state index in [1.807, 2.05) is 36.9 Å². The van der Waals surface area contributed by atoms with Gasteiger partial charge in [0.1, 0.15) is 23.0 Å². The van der Waals surface area contributed by atoms with Gasteiger partial charge in [0.25, 0.3) is 0 Å². The van der Waals surface area contributed by atoms with Crippen molar-refractivity contribution in [1.82, 2.24) is 14.5 Å². The average molecular weight is 279 g/mol. The molecule has 0 aliphatic rings. The van der Waals surface area contributed by atoms with E-state index in [2.05, 4.69) is 9.97 Å². The van der Waals surface area contributed by atoms with Crippen LogP contribution in [0.4, 0.5) is 5.82 Å². The topological polar surface area (TPSA) is 69.9 Å². The predicted molar refractivity (Wildman–Crippen MR) is 76.4 cm³/mol. The maximum atomic E-state index is 6.01. The molecule has 3 aromatic heterocycles. The van der Waals surface area contributed by atoms with Crippen LogP contribution < -0.4 is 5.73 Å². The molecular formula is C13H15ClN4O. The summed E-state index contributed by atoms with van der Waals surface area (Å²) in [6.45, 7) is 2.01. The van der Waals surface area contributed by atoms with Crippen LogP contribution in [0.3, 0.4) is 0 Å². The zero-order valence-electron chi connectivity index (χ0n) is 10.8. The van der Waals surface area contributed by atoms with Crippen molar-refractivity contribution in [1.29, 1.82) is 0 Å². The minimum absolute atomic E-state index is 0. The Morgan fingerprint density at radius 2 is 2.16 bits per heavy atom. The Morgan fingerprint density at radius 3 is 2.84 bits per heavy atom. The van der Waals surface area contributed by atoms with E-state index < -0.39 is 0 Å². The molecule has 0 saturated heterocycles. The third-order valence-electron chi connectivity index (χ3n) is 2.99. The normalized spacial score (nSPS) is 10.6. The summed E-state index contributed by atoms with van der Waals surface area (Å²) in [4.78, 5) is 8.89. The van der Waals surface area contributed by atoms with E-state index in [9.17, 15) is 0 Å². The monoisotopic (exact) mass is 278 g/mol. The molecule has 0 fully saturated rings. The van der Waals surface area contributed by atoms with Gasteiger partial charge in [-0.1, -0.05) is 0 Å². The first-order valence-corrected chi connectivity index (χ1v) is 5.75. The maximum absolute atomic E-state index is 6.01. The molecule has 0 bridgehead atoms. The van der Waals surface area contributed by atoms with Crippen LogP contribution in [-0.2, 0) is 13.5 Å². The fraction of sp³-hybridized carbons (Fsp3) is 0.231. The van der Waals surface area contributed by atoms with Crippen LogP contribution >= 0.6 is 12.4 Å². The van der Waals surface area contributed by atoms with Gasteiger partial charge in [-0.3, -0.25) is 0 Å². The lowest BCUT2D eigenvalue weighted by atomic mass is 10.2. The molecule has 0 aromatic carbocycles. The molecule has 0 atom stereocenters. The molecule has 0 radical (unpaired) electrons. The highest BCUT2D eigenvalue weighted by Crippen LogP contribution is 2.23. The van der Waals surface area contributed by atoms with Crippen molar-refractivity contribution in [3.05, 3.63) is 41.7 Å². The van der Waals surface area contributed by atoms with Crippen LogP contribution in [-0.4, -0.2) is 14.5 Å². The quantitative estimate of drug-likeness (QED) is 0.782. The van der Waals surface area contributed by atoms with Gasteiger partial charge in [-0.15, -0.1) is 12.4 Å². The van der Waals surface area contributed by atoms with Gasteiger partial charge in [-0.05, 0) is 24.6 Å². The number of nitrogens with zero attached hydrogens (tertiary/aromatic N) is 3. The van der Waals surface area contributed by atoms with Crippen molar-refractivity contribution >= 4 is 29.3 Å². The zero-order chi connectivity index (χ0) is 12.7. The number of nitrogen functional groups attached to an aromatic ring is 1. The number of aromatic nitrogens is 3. The van der Waals surface area contributed by atoms with E-state index in [1.54, 1.807) is 6.26 Å². The van der Waals surface area contributed by atoms with Crippen molar-refractivity contribution in [3.63, 3.8) is 0 Å². The van der Waals surface area contributed by atoms with Gasteiger partial charge in [-0.25, -0.2) is 9.97 Å². The molecule has 3 rings (SSSR count). The van der Waals surface area contributed by atoms with Gasteiger partial charge in [0.2, 0.25) is 0 Å². The second kappa shape index (κ2) is 4.93. The van der Waals surface area contributed by atoms with Crippen LogP contribution in [0.25, 0.3) is 11.0 Å². The van der Waals surface area contributed by atoms with Crippen LogP contribution in [0.15, 0.2) is 29.0 Å². The number of anilines is 1. The van der Waals surface area contributed by atoms with E-state index in [-0.39, 0.29) is 12.4 Å². The molecule has 5 nitrogen and oxygen atoms in total. The summed E-state index contributed by atoms with van der Waals surface area (Å²) in [7, 11) is 1.96. The molecule has 0 unspecified atom stereocenters. The molecular weight excluding hydrogens is 264 g/mol. The third-order valence-corrected chi connectivity index (χ3v) is 2.99. The Hall–Kier alpha value is -2.01. The Bertz CT molecular complexity index is 703. The fourth-order valence-electron chi connectivity index (χ4n) is 2.21. The largest absolute Gasteiger partial charge is 0.469 e. The molecule has 6 heteroatoms. The summed E-state index contributed by atoms with van der Waals surface area (Å²) >= 11 is 0. The smallest absolute Gasteiger partial charge is 0.145 e. The molecule has 0 spiro atoms. The van der Waals surface area contributed by atoms with Gasteiger partial charge in [0.05, 0.1) is 18.1 Å². The van der Waals surface area contributed by atoms with Gasteiger partial charge in [0.15, 0.2) is 0 Å². The highest BCUT2D eigenvalue weighted by Gasteiger charge is 2.12. The lowest BCUT2D eigenvalue weighted by Gasteiger charge is -2.03. The molecule has 100 valence electrons. The summed E-state index contributed by atoms with van der Waals surface area (Å²) < 4.78 is 7.26. The lowest BCUT2D eigenvalue weighted by molar-refractivity contribution is 0.517. The second-order valence-electron chi connectivity index (χ2n) is 4.40. The standard InChI is InChI=1S/C13H14N4O.ClH/c1-8-7-17(2)13-11(8)12(14)15-10(16-13)6-9-4-3-5-18-9;/h3-5,7H,6H2,1-2H3,(H2,14,15,16);1H. The highest BCUT2D eigenvalue weighted by molar-refractivity contribution is 5.89. The van der Waals surface area contributed by atoms with Gasteiger partial charge >= 0.3 is 0 Å². The first-order chi connectivity index (χ1) is 8.65. The van der Waals surface area contributed by atoms with Crippen molar-refractivity contribution in [2.45, 2.75) is 13.3 Å². The lowest BCUT2D eigenvalue weighted by Crippen LogP contribution is -2.02. The van der Waals surface area contributed by atoms with Crippen molar-refractivity contribution in [2.24, 2.45) is 7.05 Å². The highest BCUT2D eigenvalue weighted by atomic mass is 35.5. The fourth-order valence-corrected chi connectivity index (χ4v) is 2.21. The van der Waals surface area contributed by atoms with Gasteiger partial charge < -0.3 is 14.7 Å². The Balaban J connectivity index is 0.00000133. The molecule has 3 aromatic rings. The second-order valence-corrected chi connectivity index (χ2v) is 4.40. The minimum Gasteiger partial charge on any atom is -0.469 e. The van der Waals surface area contributed by atoms with Crippen molar-refractivity contribution in [2.75, 3.05) is 5.73 Å². The van der Waals surface area contributed by atoms with E-state index >= 15 is 0 Å². The summed E-state index contributed by atoms with van der Waals surface area (Å²) in [5, 5.41) is 0.931. The van der Waals surface area contributed by atoms with Gasteiger partial charge in [-0.2, -0.15) is 0 Å². The van der Waals surface area contributed by atoms with E-state index in [0.717, 1.165) is 22.4 Å². The number of aryl methyl sites for hydroxylation is 2. The summed E-state index contributed by atoms with van der Waals surface area (Å²) in [5.41, 5.74) is 7.96. The predicted octanol–water partition coefficient (Wildman–Crippen LogP) is 2.46. The molecule has 19 heavy (non-hydrogen) atoms. The van der Waals surface area contributed by atoms with Crippen LogP contribution in [0.5, 0.6) is 0 Å². The minimum atomic E-state index is 0. The Morgan fingerprint density at radius 1 is 1.37 bits per heavy atom. The van der Waals surface area contributed by atoms with Crippen molar-refractivity contribution < 1.29 is 4.42 Å². The van der Waals surface area contributed by atoms with E-state index in [0.29, 0.717) is 18.1 Å². The van der Waals surface area contributed by atoms with E-state index in [1.165, 1.54) is 0 Å². The number of nitrogens with two attached hydrogens (primary N) is 1. The maximum Gasteiger partial charge on any atom is 0.145 e. The Kier molecular flexibility index (Phi) is 3.48. The molecule has 0 saturated carbocycles. The molecule has 0 aliphatic heterocycles. The zero-order valence-corrected chi connectivity index (χ0v) is 11.6. The number of fused-ring (bicyclic) bond motifs is 1. The van der Waals surface area contributed by atoms with Crippen LogP contribution in [0, 0.1) is 6.92 Å². The number of hydrogen-bond donors (Lipinski definition) is 1. The number of hydrogen-bond acceptors (Lipinski definition) is 4. The molecule has 0 amide bonds. The number of halogens is 1. The first-order valence-electron chi connectivity index (χ1n) is 5.75. The molecule has 0 aliphatic carbocycles. The summed E-state index contributed by atoms with van der Waals surface area (Å²) in [6, 6.07) is 3.75. The van der Waals surface area contributed by atoms with Crippen molar-refractivity contribution in [3.8, 4) is 0 Å². The molecule has 3 heterocycles. The number of rotatable bonds is 2. The number of furan rings is 1. The SMILES string of the molecule is Cc1cn(C)c2nc(Cc3ccco3)nc(N)c12.Cl. The van der Waals surface area contributed by atoms with Gasteiger partial charge in [0, 0.05) is 13.2 Å². The summed E-state index contributed by atoms with van der Waals surface area (Å²) in [5.74, 6) is 2.04. The van der Waals surface area contributed by atoms with Crippen LogP contribution in [0.1, 0.15) is 17.1 Å².